The third-order valence-electron chi connectivity index (χ3n) is 5.73. The molecule has 4 N–H and O–H groups in total. The third kappa shape index (κ3) is 3.59. The summed E-state index contributed by atoms with van der Waals surface area (Å²) in [6.45, 7) is 0.117. The number of aliphatic hydroxyl groups excluding tert-OH is 1. The van der Waals surface area contributed by atoms with Gasteiger partial charge in [0, 0.05) is 29.6 Å². The van der Waals surface area contributed by atoms with Crippen LogP contribution in [0.1, 0.15) is 42.5 Å². The van der Waals surface area contributed by atoms with E-state index in [2.05, 4.69) is 50.7 Å². The highest BCUT2D eigenvalue weighted by molar-refractivity contribution is 8.14. The van der Waals surface area contributed by atoms with Crippen LogP contribution < -0.4 is 5.32 Å². The van der Waals surface area contributed by atoms with Crippen LogP contribution in [0.3, 0.4) is 0 Å². The lowest BCUT2D eigenvalue weighted by Gasteiger charge is -2.16. The molecule has 1 aromatic carbocycles. The van der Waals surface area contributed by atoms with Crippen LogP contribution in [0, 0.1) is 0 Å². The van der Waals surface area contributed by atoms with Gasteiger partial charge in [0.25, 0.3) is 0 Å². The van der Waals surface area contributed by atoms with E-state index in [1.54, 1.807) is 11.8 Å². The van der Waals surface area contributed by atoms with E-state index >= 15 is 0 Å². The van der Waals surface area contributed by atoms with Gasteiger partial charge in [-0.05, 0) is 54.7 Å². The van der Waals surface area contributed by atoms with E-state index in [1.165, 1.54) is 47.9 Å². The number of anilines is 1. The fourth-order valence-corrected chi connectivity index (χ4v) is 5.31. The Hall–Kier alpha value is -2.18. The smallest absolute Gasteiger partial charge is 0.115 e. The van der Waals surface area contributed by atoms with Crippen LogP contribution >= 0.6 is 11.8 Å². The molecule has 1 atom stereocenters. The SMILES string of the molecule is OCC1CSC(c2cc3cc(Cc4cc[nH]c4)cc(NC4CCCC4)c3[nH]2)=N1. The summed E-state index contributed by atoms with van der Waals surface area (Å²) in [5.41, 5.74) is 6.03. The molecule has 2 aliphatic rings. The second-order valence-corrected chi connectivity index (χ2v) is 8.90. The van der Waals surface area contributed by atoms with Crippen molar-refractivity contribution < 1.29 is 5.11 Å². The molecular formula is C22H26N4OS. The normalized spacial score (nSPS) is 20.2. The lowest BCUT2D eigenvalue weighted by atomic mass is 10.0. The monoisotopic (exact) mass is 394 g/mol. The number of hydrogen-bond donors (Lipinski definition) is 4. The van der Waals surface area contributed by atoms with Crippen molar-refractivity contribution in [1.82, 2.24) is 9.97 Å². The van der Waals surface area contributed by atoms with Crippen molar-refractivity contribution in [3.05, 3.63) is 53.5 Å². The van der Waals surface area contributed by atoms with Crippen molar-refractivity contribution in [2.45, 2.75) is 44.2 Å². The molecule has 5 rings (SSSR count). The van der Waals surface area contributed by atoms with E-state index in [1.807, 2.05) is 6.20 Å². The third-order valence-corrected chi connectivity index (χ3v) is 6.88. The first-order valence-corrected chi connectivity index (χ1v) is 11.1. The average molecular weight is 395 g/mol. The first-order valence-electron chi connectivity index (χ1n) is 10.1. The Morgan fingerprint density at radius 1 is 1.18 bits per heavy atom. The van der Waals surface area contributed by atoms with Crippen molar-refractivity contribution in [3.63, 3.8) is 0 Å². The predicted octanol–water partition coefficient (Wildman–Crippen LogP) is 4.30. The van der Waals surface area contributed by atoms with Crippen LogP contribution in [0.2, 0.25) is 0 Å². The van der Waals surface area contributed by atoms with Gasteiger partial charge in [-0.25, -0.2) is 0 Å². The zero-order valence-electron chi connectivity index (χ0n) is 15.9. The van der Waals surface area contributed by atoms with Crippen molar-refractivity contribution >= 4 is 33.4 Å². The van der Waals surface area contributed by atoms with Gasteiger partial charge in [0.15, 0.2) is 0 Å². The molecule has 3 aromatic rings. The summed E-state index contributed by atoms with van der Waals surface area (Å²) in [7, 11) is 0. The zero-order valence-corrected chi connectivity index (χ0v) is 16.7. The van der Waals surface area contributed by atoms with Gasteiger partial charge in [0.2, 0.25) is 0 Å². The van der Waals surface area contributed by atoms with E-state index < -0.39 is 0 Å². The number of thioether (sulfide) groups is 1. The Labute approximate surface area is 169 Å². The molecule has 1 saturated carbocycles. The summed E-state index contributed by atoms with van der Waals surface area (Å²) in [4.78, 5) is 11.4. The zero-order chi connectivity index (χ0) is 18.9. The molecule has 0 saturated heterocycles. The van der Waals surface area contributed by atoms with E-state index in [4.69, 9.17) is 0 Å². The molecule has 1 aliphatic heterocycles. The molecule has 1 unspecified atom stereocenters. The minimum atomic E-state index is 0.0200. The Morgan fingerprint density at radius 2 is 2.07 bits per heavy atom. The average Bonchev–Trinajstić information content (AvgIpc) is 3.48. The summed E-state index contributed by atoms with van der Waals surface area (Å²) in [5, 5.41) is 15.4. The molecule has 0 spiro atoms. The molecule has 6 heteroatoms. The van der Waals surface area contributed by atoms with Gasteiger partial charge in [0.1, 0.15) is 5.04 Å². The highest BCUT2D eigenvalue weighted by Gasteiger charge is 2.22. The Kier molecular flexibility index (Phi) is 4.91. The van der Waals surface area contributed by atoms with E-state index in [0.717, 1.165) is 28.4 Å². The second-order valence-electron chi connectivity index (χ2n) is 7.89. The number of H-pyrrole nitrogens is 2. The number of fused-ring (bicyclic) bond motifs is 1. The van der Waals surface area contributed by atoms with Gasteiger partial charge < -0.3 is 20.4 Å². The predicted molar refractivity (Wildman–Crippen MR) is 118 cm³/mol. The largest absolute Gasteiger partial charge is 0.394 e. The molecule has 3 heterocycles. The van der Waals surface area contributed by atoms with E-state index in [-0.39, 0.29) is 12.6 Å². The van der Waals surface area contributed by atoms with Crippen molar-refractivity contribution in [3.8, 4) is 0 Å². The number of nitrogens with one attached hydrogen (secondary N) is 3. The minimum Gasteiger partial charge on any atom is -0.394 e. The molecule has 1 fully saturated rings. The number of aliphatic imine (C=N–C) groups is 1. The van der Waals surface area contributed by atoms with Crippen LogP contribution in [0.25, 0.3) is 10.9 Å². The van der Waals surface area contributed by atoms with E-state index in [9.17, 15) is 5.11 Å². The van der Waals surface area contributed by atoms with E-state index in [0.29, 0.717) is 6.04 Å². The first-order chi connectivity index (χ1) is 13.8. The molecule has 146 valence electrons. The van der Waals surface area contributed by atoms with Crippen LogP contribution in [0.5, 0.6) is 0 Å². The molecule has 0 amide bonds. The van der Waals surface area contributed by atoms with Gasteiger partial charge in [-0.1, -0.05) is 12.8 Å². The van der Waals surface area contributed by atoms with Crippen LogP contribution in [0.4, 0.5) is 5.69 Å². The Morgan fingerprint density at radius 3 is 2.82 bits per heavy atom. The quantitative estimate of drug-likeness (QED) is 0.504. The topological polar surface area (TPSA) is 76.2 Å². The Balaban J connectivity index is 1.53. The van der Waals surface area contributed by atoms with Gasteiger partial charge in [0.05, 0.1) is 29.5 Å². The van der Waals surface area contributed by atoms with Gasteiger partial charge in [-0.3, -0.25) is 4.99 Å². The van der Waals surface area contributed by atoms with Gasteiger partial charge in [-0.2, -0.15) is 0 Å². The molecule has 0 bridgehead atoms. The highest BCUT2D eigenvalue weighted by Crippen LogP contribution is 2.32. The highest BCUT2D eigenvalue weighted by atomic mass is 32.2. The number of nitrogens with zero attached hydrogens (tertiary/aromatic N) is 1. The molecule has 5 nitrogen and oxygen atoms in total. The van der Waals surface area contributed by atoms with Crippen molar-refractivity contribution in [2.24, 2.45) is 4.99 Å². The van der Waals surface area contributed by atoms with Crippen LogP contribution in [0.15, 0.2) is 41.7 Å². The number of aromatic amines is 2. The molecule has 2 aromatic heterocycles. The summed E-state index contributed by atoms with van der Waals surface area (Å²) in [6, 6.07) is 9.51. The number of benzene rings is 1. The van der Waals surface area contributed by atoms with Gasteiger partial charge in [-0.15, -0.1) is 11.8 Å². The Bertz CT molecular complexity index is 986. The summed E-state index contributed by atoms with van der Waals surface area (Å²) >= 11 is 1.72. The molecule has 1 aliphatic carbocycles. The fourth-order valence-electron chi connectivity index (χ4n) is 4.29. The summed E-state index contributed by atoms with van der Waals surface area (Å²) in [6.07, 6.45) is 10.1. The lowest BCUT2D eigenvalue weighted by molar-refractivity contribution is 0.277. The van der Waals surface area contributed by atoms with Gasteiger partial charge >= 0.3 is 0 Å². The number of hydrogen-bond acceptors (Lipinski definition) is 4. The standard InChI is InChI=1S/C22H26N4OS/c27-12-18-13-28-22(25-18)20-10-16-8-15(7-14-5-6-23-11-14)9-19(21(16)26-20)24-17-3-1-2-4-17/h5-6,8-11,17-18,23-24,26-27H,1-4,7,12-13H2. The molecule has 28 heavy (non-hydrogen) atoms. The summed E-state index contributed by atoms with van der Waals surface area (Å²) < 4.78 is 0. The van der Waals surface area contributed by atoms with Crippen LogP contribution in [-0.2, 0) is 6.42 Å². The molecular weight excluding hydrogens is 368 g/mol. The minimum absolute atomic E-state index is 0.0200. The maximum absolute atomic E-state index is 9.39. The number of aromatic nitrogens is 2. The summed E-state index contributed by atoms with van der Waals surface area (Å²) in [5.74, 6) is 0.854. The van der Waals surface area contributed by atoms with Crippen LogP contribution in [-0.4, -0.2) is 44.6 Å². The number of rotatable bonds is 6. The molecule has 0 radical (unpaired) electrons. The number of aliphatic hydroxyl groups is 1. The maximum Gasteiger partial charge on any atom is 0.115 e. The first kappa shape index (κ1) is 17.9. The lowest BCUT2D eigenvalue weighted by Crippen LogP contribution is -2.15. The van der Waals surface area contributed by atoms with Crippen molar-refractivity contribution in [2.75, 3.05) is 17.7 Å². The maximum atomic E-state index is 9.39. The second kappa shape index (κ2) is 7.68. The fraction of sp³-hybridized carbons (Fsp3) is 0.409. The van der Waals surface area contributed by atoms with Crippen molar-refractivity contribution in [1.29, 1.82) is 0 Å².